The predicted molar refractivity (Wildman–Crippen MR) is 143 cm³/mol. The maximum absolute atomic E-state index is 14.2. The van der Waals surface area contributed by atoms with Gasteiger partial charge in [-0.15, -0.1) is 0 Å². The minimum atomic E-state index is -1.33. The summed E-state index contributed by atoms with van der Waals surface area (Å²) in [5, 5.41) is 3.23. The lowest BCUT2D eigenvalue weighted by Crippen LogP contribution is -2.41. The molecule has 3 aromatic rings. The van der Waals surface area contributed by atoms with Gasteiger partial charge in [0, 0.05) is 24.7 Å². The highest BCUT2D eigenvalue weighted by atomic mass is 19.2. The van der Waals surface area contributed by atoms with Gasteiger partial charge in [-0.1, -0.05) is 48.5 Å². The van der Waals surface area contributed by atoms with Crippen molar-refractivity contribution in [2.24, 2.45) is 0 Å². The number of hydrogen-bond donors (Lipinski definition) is 1. The third kappa shape index (κ3) is 6.65. The second-order valence-corrected chi connectivity index (χ2v) is 9.96. The molecule has 0 spiro atoms. The number of carbonyl (C=O) groups excluding carboxylic acids is 1. The monoisotopic (exact) mass is 554 g/mol. The number of nitrogens with zero attached hydrogens (tertiary/aromatic N) is 1. The molecule has 1 amide bonds. The molecule has 0 saturated heterocycles. The Morgan fingerprint density at radius 2 is 1.68 bits per heavy atom. The smallest absolute Gasteiger partial charge is 0.410 e. The van der Waals surface area contributed by atoms with Crippen molar-refractivity contribution in [2.75, 3.05) is 19.7 Å². The zero-order valence-electron chi connectivity index (χ0n) is 21.8. The summed E-state index contributed by atoms with van der Waals surface area (Å²) in [7, 11) is 0. The van der Waals surface area contributed by atoms with Crippen LogP contribution >= 0.6 is 0 Å². The molecule has 1 heterocycles. The first-order valence-corrected chi connectivity index (χ1v) is 13.4. The lowest BCUT2D eigenvalue weighted by Gasteiger charge is -2.29. The van der Waals surface area contributed by atoms with E-state index in [1.807, 2.05) is 30.3 Å². The van der Waals surface area contributed by atoms with Crippen LogP contribution in [0.15, 0.2) is 66.7 Å². The summed E-state index contributed by atoms with van der Waals surface area (Å²) in [6.45, 7) is 1.28. The fraction of sp³-hybridized carbons (Fsp3) is 0.323. The molecule has 1 fully saturated rings. The number of halogens is 4. The molecule has 0 radical (unpaired) electrons. The van der Waals surface area contributed by atoms with Gasteiger partial charge in [-0.3, -0.25) is 0 Å². The standard InChI is InChI=1S/C31H30F4N2O3/c32-25-6-2-1-5-22(25)19-37(23-11-12-23)31(38)40-28-18-36-16-15-24(28)21-9-7-20(8-10-21)4-3-17-39-30-27(34)14-13-26(33)29(30)35/h1-2,5-10,13-15,23,28,36H,3-4,11-12,16-19H2. The number of amides is 1. The van der Waals surface area contributed by atoms with Crippen LogP contribution in [0.5, 0.6) is 5.75 Å². The maximum Gasteiger partial charge on any atom is 0.410 e. The molecule has 2 aliphatic rings. The zero-order valence-corrected chi connectivity index (χ0v) is 21.8. The summed E-state index contributed by atoms with van der Waals surface area (Å²) < 4.78 is 66.1. The topological polar surface area (TPSA) is 50.8 Å². The first kappa shape index (κ1) is 27.7. The third-order valence-electron chi connectivity index (χ3n) is 7.05. The lowest BCUT2D eigenvalue weighted by molar-refractivity contribution is 0.0770. The fourth-order valence-electron chi connectivity index (χ4n) is 4.73. The van der Waals surface area contributed by atoms with Crippen molar-refractivity contribution in [3.05, 3.63) is 107 Å². The Kier molecular flexibility index (Phi) is 8.69. The van der Waals surface area contributed by atoms with E-state index in [2.05, 4.69) is 5.32 Å². The van der Waals surface area contributed by atoms with Crippen LogP contribution in [0.2, 0.25) is 0 Å². The first-order chi connectivity index (χ1) is 19.4. The Morgan fingerprint density at radius 1 is 0.925 bits per heavy atom. The van der Waals surface area contributed by atoms with Crippen molar-refractivity contribution in [3.8, 4) is 5.75 Å². The molecule has 40 heavy (non-hydrogen) atoms. The van der Waals surface area contributed by atoms with Gasteiger partial charge < -0.3 is 19.7 Å². The number of benzene rings is 3. The number of hydrogen-bond acceptors (Lipinski definition) is 4. The van der Waals surface area contributed by atoms with Gasteiger partial charge in [-0.05, 0) is 60.6 Å². The highest BCUT2D eigenvalue weighted by Gasteiger charge is 2.36. The van der Waals surface area contributed by atoms with Gasteiger partial charge >= 0.3 is 6.09 Å². The van der Waals surface area contributed by atoms with Crippen LogP contribution in [0.4, 0.5) is 22.4 Å². The second-order valence-electron chi connectivity index (χ2n) is 9.96. The van der Waals surface area contributed by atoms with Crippen LogP contribution in [0.1, 0.15) is 36.0 Å². The largest absolute Gasteiger partial charge is 0.488 e. The molecule has 1 saturated carbocycles. The number of nitrogens with one attached hydrogen (secondary N) is 1. The van der Waals surface area contributed by atoms with Gasteiger partial charge in [0.1, 0.15) is 11.9 Å². The Balaban J connectivity index is 1.18. The summed E-state index contributed by atoms with van der Waals surface area (Å²) in [6.07, 6.45) is 3.82. The molecule has 3 aromatic carbocycles. The second kappa shape index (κ2) is 12.6. The van der Waals surface area contributed by atoms with Gasteiger partial charge in [-0.25, -0.2) is 18.0 Å². The Morgan fingerprint density at radius 3 is 2.42 bits per heavy atom. The molecule has 1 N–H and O–H groups in total. The van der Waals surface area contributed by atoms with Gasteiger partial charge in [-0.2, -0.15) is 4.39 Å². The number of carbonyl (C=O) groups is 1. The average molecular weight is 555 g/mol. The van der Waals surface area contributed by atoms with E-state index in [1.165, 1.54) is 6.07 Å². The molecule has 5 nitrogen and oxygen atoms in total. The molecule has 9 heteroatoms. The van der Waals surface area contributed by atoms with Crippen molar-refractivity contribution in [2.45, 2.75) is 44.4 Å². The molecule has 0 bridgehead atoms. The van der Waals surface area contributed by atoms with E-state index in [0.717, 1.165) is 41.7 Å². The summed E-state index contributed by atoms with van der Waals surface area (Å²) in [5.41, 5.74) is 3.24. The van der Waals surface area contributed by atoms with E-state index in [-0.39, 0.29) is 25.0 Å². The molecule has 1 aliphatic heterocycles. The lowest BCUT2D eigenvalue weighted by atomic mass is 9.96. The van der Waals surface area contributed by atoms with E-state index in [9.17, 15) is 22.4 Å². The van der Waals surface area contributed by atoms with Gasteiger partial charge in [0.05, 0.1) is 13.2 Å². The average Bonchev–Trinajstić information content (AvgIpc) is 3.80. The quantitative estimate of drug-likeness (QED) is 0.179. The predicted octanol–water partition coefficient (Wildman–Crippen LogP) is 6.41. The van der Waals surface area contributed by atoms with Crippen molar-refractivity contribution < 1.29 is 31.8 Å². The molecular weight excluding hydrogens is 524 g/mol. The van der Waals surface area contributed by atoms with E-state index in [4.69, 9.17) is 9.47 Å². The van der Waals surface area contributed by atoms with Crippen LogP contribution < -0.4 is 10.1 Å². The van der Waals surface area contributed by atoms with Crippen LogP contribution in [0, 0.1) is 23.3 Å². The van der Waals surface area contributed by atoms with Crippen molar-refractivity contribution in [1.82, 2.24) is 10.2 Å². The Hall–Kier alpha value is -3.85. The summed E-state index contributed by atoms with van der Waals surface area (Å²) in [5.74, 6) is -4.49. The molecule has 5 rings (SSSR count). The number of rotatable bonds is 10. The van der Waals surface area contributed by atoms with Crippen molar-refractivity contribution in [3.63, 3.8) is 0 Å². The minimum Gasteiger partial charge on any atom is -0.488 e. The van der Waals surface area contributed by atoms with Crippen LogP contribution in [0.3, 0.4) is 0 Å². The van der Waals surface area contributed by atoms with E-state index in [0.29, 0.717) is 31.5 Å². The molecule has 210 valence electrons. The zero-order chi connectivity index (χ0) is 28.1. The molecule has 1 atom stereocenters. The minimum absolute atomic E-state index is 0.0261. The summed E-state index contributed by atoms with van der Waals surface area (Å²) in [4.78, 5) is 14.8. The van der Waals surface area contributed by atoms with Crippen LogP contribution in [0.25, 0.3) is 5.57 Å². The van der Waals surface area contributed by atoms with Gasteiger partial charge in [0.15, 0.2) is 17.4 Å². The number of aryl methyl sites for hydroxylation is 1. The van der Waals surface area contributed by atoms with E-state index in [1.54, 1.807) is 23.1 Å². The van der Waals surface area contributed by atoms with E-state index < -0.39 is 35.4 Å². The third-order valence-corrected chi connectivity index (χ3v) is 7.05. The highest BCUT2D eigenvalue weighted by molar-refractivity contribution is 5.75. The van der Waals surface area contributed by atoms with Crippen molar-refractivity contribution in [1.29, 1.82) is 0 Å². The molecular formula is C31H30F4N2O3. The van der Waals surface area contributed by atoms with Crippen LogP contribution in [-0.2, 0) is 17.7 Å². The molecule has 1 aliphatic carbocycles. The number of ether oxygens (including phenoxy) is 2. The Bertz CT molecular complexity index is 1380. The SMILES string of the molecule is O=C(OC1CNCC=C1c1ccc(CCCOc2c(F)ccc(F)c2F)cc1)N(Cc1ccccc1F)C1CC1. The maximum atomic E-state index is 14.2. The summed E-state index contributed by atoms with van der Waals surface area (Å²) >= 11 is 0. The Labute approximate surface area is 230 Å². The van der Waals surface area contributed by atoms with Gasteiger partial charge in [0.25, 0.3) is 0 Å². The fourth-order valence-corrected chi connectivity index (χ4v) is 4.73. The van der Waals surface area contributed by atoms with Crippen molar-refractivity contribution >= 4 is 11.7 Å². The summed E-state index contributed by atoms with van der Waals surface area (Å²) in [6, 6.07) is 15.8. The molecule has 1 unspecified atom stereocenters. The normalized spacial score (nSPS) is 16.8. The highest BCUT2D eigenvalue weighted by Crippen LogP contribution is 2.31. The van der Waals surface area contributed by atoms with E-state index >= 15 is 0 Å². The molecule has 0 aromatic heterocycles. The first-order valence-electron chi connectivity index (χ1n) is 13.4. The van der Waals surface area contributed by atoms with Gasteiger partial charge in [0.2, 0.25) is 5.82 Å². The van der Waals surface area contributed by atoms with Crippen LogP contribution in [-0.4, -0.2) is 42.8 Å².